The molecule has 1 aromatic carbocycles. The molecule has 1 unspecified atom stereocenters. The third-order valence-electron chi connectivity index (χ3n) is 4.02. The molecule has 0 spiro atoms. The monoisotopic (exact) mass is 272 g/mol. The lowest BCUT2D eigenvalue weighted by Gasteiger charge is -2.25. The first kappa shape index (κ1) is 13.0. The molecule has 1 aliphatic carbocycles. The summed E-state index contributed by atoms with van der Waals surface area (Å²) in [7, 11) is 0. The average Bonchev–Trinajstić information content (AvgIpc) is 2.90. The number of aromatic amines is 1. The molecule has 0 saturated heterocycles. The molecule has 0 bridgehead atoms. The minimum absolute atomic E-state index is 0.141. The number of halogens is 1. The highest BCUT2D eigenvalue weighted by atomic mass is 19.1. The fourth-order valence-corrected chi connectivity index (χ4v) is 3.10. The van der Waals surface area contributed by atoms with Gasteiger partial charge in [0.15, 0.2) is 5.78 Å². The van der Waals surface area contributed by atoms with Crippen LogP contribution in [0.25, 0.3) is 16.6 Å². The van der Waals surface area contributed by atoms with Gasteiger partial charge in [0, 0.05) is 17.4 Å². The van der Waals surface area contributed by atoms with Gasteiger partial charge in [0.25, 0.3) is 0 Å². The van der Waals surface area contributed by atoms with Crippen molar-refractivity contribution in [1.29, 1.82) is 0 Å². The maximum absolute atomic E-state index is 13.2. The van der Waals surface area contributed by atoms with E-state index in [1.165, 1.54) is 12.1 Å². The van der Waals surface area contributed by atoms with Crippen molar-refractivity contribution in [3.05, 3.63) is 35.9 Å². The summed E-state index contributed by atoms with van der Waals surface area (Å²) >= 11 is 0. The fraction of sp³-hybridized carbons (Fsp3) is 0.375. The normalized spacial score (nSPS) is 22.6. The number of carbonyl (C=O) groups excluding carboxylic acids is 1. The second kappa shape index (κ2) is 4.54. The van der Waals surface area contributed by atoms with Gasteiger partial charge in [-0.25, -0.2) is 9.37 Å². The summed E-state index contributed by atoms with van der Waals surface area (Å²) in [6.45, 7) is 4.21. The predicted octanol–water partition coefficient (Wildman–Crippen LogP) is 3.86. The van der Waals surface area contributed by atoms with Crippen molar-refractivity contribution < 1.29 is 9.18 Å². The Bertz CT molecular complexity index is 716. The first-order valence-corrected chi connectivity index (χ1v) is 6.92. The summed E-state index contributed by atoms with van der Waals surface area (Å²) < 4.78 is 13.2. The number of allylic oxidation sites excluding steroid dienone is 2. The molecule has 104 valence electrons. The highest BCUT2D eigenvalue weighted by Gasteiger charge is 2.38. The molecule has 1 atom stereocenters. The number of rotatable bonds is 3. The predicted molar refractivity (Wildman–Crippen MR) is 76.7 cm³/mol. The van der Waals surface area contributed by atoms with Crippen LogP contribution in [-0.2, 0) is 4.79 Å². The van der Waals surface area contributed by atoms with Crippen LogP contribution in [0.3, 0.4) is 0 Å². The summed E-state index contributed by atoms with van der Waals surface area (Å²) in [5.74, 6) is 0.537. The zero-order valence-electron chi connectivity index (χ0n) is 11.7. The molecule has 3 nitrogen and oxygen atoms in total. The Morgan fingerprint density at radius 3 is 3.00 bits per heavy atom. The van der Waals surface area contributed by atoms with Gasteiger partial charge >= 0.3 is 0 Å². The number of nitrogens with zero attached hydrogens (tertiary/aromatic N) is 1. The van der Waals surface area contributed by atoms with Gasteiger partial charge in [0.2, 0.25) is 0 Å². The van der Waals surface area contributed by atoms with Gasteiger partial charge in [-0.3, -0.25) is 4.79 Å². The van der Waals surface area contributed by atoms with Crippen LogP contribution in [0.2, 0.25) is 0 Å². The van der Waals surface area contributed by atoms with E-state index in [2.05, 4.69) is 23.8 Å². The van der Waals surface area contributed by atoms with Crippen LogP contribution in [0, 0.1) is 11.2 Å². The van der Waals surface area contributed by atoms with Gasteiger partial charge in [-0.2, -0.15) is 0 Å². The van der Waals surface area contributed by atoms with E-state index < -0.39 is 0 Å². The summed E-state index contributed by atoms with van der Waals surface area (Å²) in [5, 5.41) is 0. The number of fused-ring (bicyclic) bond motifs is 1. The van der Waals surface area contributed by atoms with E-state index in [1.807, 2.05) is 0 Å². The number of aromatic nitrogens is 2. The van der Waals surface area contributed by atoms with Gasteiger partial charge in [-0.1, -0.05) is 20.3 Å². The lowest BCUT2D eigenvalue weighted by atomic mass is 9.79. The Kier molecular flexibility index (Phi) is 2.96. The second-order valence-corrected chi connectivity index (χ2v) is 5.76. The molecule has 1 heterocycles. The van der Waals surface area contributed by atoms with Crippen LogP contribution in [-0.4, -0.2) is 15.8 Å². The van der Waals surface area contributed by atoms with E-state index in [4.69, 9.17) is 0 Å². The van der Waals surface area contributed by atoms with Crippen LogP contribution in [0.1, 0.15) is 38.9 Å². The standard InChI is InChI=1S/C16H17FN2O/c1-3-6-16(2)9-11(20)8-12(16)15-18-13-5-4-10(17)7-14(13)19-15/h4-5,7-8H,3,6,9H2,1-2H3,(H,18,19). The maximum atomic E-state index is 13.2. The van der Waals surface area contributed by atoms with E-state index in [-0.39, 0.29) is 17.0 Å². The largest absolute Gasteiger partial charge is 0.338 e. The third-order valence-corrected chi connectivity index (χ3v) is 4.02. The van der Waals surface area contributed by atoms with Crippen molar-refractivity contribution in [3.8, 4) is 0 Å². The van der Waals surface area contributed by atoms with Gasteiger partial charge in [0.05, 0.1) is 11.0 Å². The van der Waals surface area contributed by atoms with Gasteiger partial charge < -0.3 is 4.98 Å². The van der Waals surface area contributed by atoms with E-state index in [0.717, 1.165) is 23.9 Å². The molecule has 0 saturated carbocycles. The molecule has 4 heteroatoms. The first-order chi connectivity index (χ1) is 9.51. The summed E-state index contributed by atoms with van der Waals surface area (Å²) in [6, 6.07) is 4.48. The number of H-pyrrole nitrogens is 1. The van der Waals surface area contributed by atoms with Crippen molar-refractivity contribution in [3.63, 3.8) is 0 Å². The van der Waals surface area contributed by atoms with Crippen molar-refractivity contribution in [2.45, 2.75) is 33.1 Å². The molecule has 0 radical (unpaired) electrons. The Morgan fingerprint density at radius 2 is 2.25 bits per heavy atom. The molecular weight excluding hydrogens is 255 g/mol. The van der Waals surface area contributed by atoms with Crippen molar-refractivity contribution >= 4 is 22.4 Å². The van der Waals surface area contributed by atoms with Crippen LogP contribution in [0.4, 0.5) is 4.39 Å². The second-order valence-electron chi connectivity index (χ2n) is 5.76. The number of hydrogen-bond donors (Lipinski definition) is 1. The molecular formula is C16H17FN2O. The molecule has 20 heavy (non-hydrogen) atoms. The lowest BCUT2D eigenvalue weighted by Crippen LogP contribution is -2.16. The highest BCUT2D eigenvalue weighted by molar-refractivity contribution is 6.03. The summed E-state index contributed by atoms with van der Waals surface area (Å²) in [6.07, 6.45) is 4.16. The number of hydrogen-bond acceptors (Lipinski definition) is 2. The van der Waals surface area contributed by atoms with E-state index in [9.17, 15) is 9.18 Å². The zero-order chi connectivity index (χ0) is 14.3. The molecule has 3 rings (SSSR count). The molecule has 1 aliphatic rings. The molecule has 0 amide bonds. The Labute approximate surface area is 116 Å². The molecule has 1 N–H and O–H groups in total. The van der Waals surface area contributed by atoms with E-state index >= 15 is 0 Å². The number of carbonyl (C=O) groups is 1. The summed E-state index contributed by atoms with van der Waals surface area (Å²) in [5.41, 5.74) is 2.17. The number of ketones is 1. The number of nitrogens with one attached hydrogen (secondary N) is 1. The van der Waals surface area contributed by atoms with E-state index in [0.29, 0.717) is 17.8 Å². The topological polar surface area (TPSA) is 45.8 Å². The molecule has 1 aromatic heterocycles. The van der Waals surface area contributed by atoms with Crippen molar-refractivity contribution in [2.24, 2.45) is 5.41 Å². The smallest absolute Gasteiger partial charge is 0.157 e. The van der Waals surface area contributed by atoms with Crippen molar-refractivity contribution in [1.82, 2.24) is 9.97 Å². The first-order valence-electron chi connectivity index (χ1n) is 6.92. The number of imidazole rings is 1. The SMILES string of the molecule is CCCC1(C)CC(=O)C=C1c1nc2ccc(F)cc2[nH]1. The zero-order valence-corrected chi connectivity index (χ0v) is 11.7. The molecule has 0 fully saturated rings. The van der Waals surface area contributed by atoms with Crippen LogP contribution >= 0.6 is 0 Å². The number of benzene rings is 1. The Balaban J connectivity index is 2.09. The highest BCUT2D eigenvalue weighted by Crippen LogP contribution is 2.45. The van der Waals surface area contributed by atoms with Gasteiger partial charge in [-0.15, -0.1) is 0 Å². The van der Waals surface area contributed by atoms with Crippen molar-refractivity contribution in [2.75, 3.05) is 0 Å². The molecule has 2 aromatic rings. The quantitative estimate of drug-likeness (QED) is 0.922. The van der Waals surface area contributed by atoms with Crippen LogP contribution < -0.4 is 0 Å². The maximum Gasteiger partial charge on any atom is 0.157 e. The minimum Gasteiger partial charge on any atom is -0.338 e. The average molecular weight is 272 g/mol. The van der Waals surface area contributed by atoms with Gasteiger partial charge in [0.1, 0.15) is 11.6 Å². The Hall–Kier alpha value is -1.97. The van der Waals surface area contributed by atoms with E-state index in [1.54, 1.807) is 12.1 Å². The molecule has 0 aliphatic heterocycles. The van der Waals surface area contributed by atoms with Gasteiger partial charge in [-0.05, 0) is 30.7 Å². The Morgan fingerprint density at radius 1 is 1.45 bits per heavy atom. The lowest BCUT2D eigenvalue weighted by molar-refractivity contribution is -0.115. The fourth-order valence-electron chi connectivity index (χ4n) is 3.10. The van der Waals surface area contributed by atoms with Crippen LogP contribution in [0.15, 0.2) is 24.3 Å². The van der Waals surface area contributed by atoms with Crippen LogP contribution in [0.5, 0.6) is 0 Å². The summed E-state index contributed by atoms with van der Waals surface area (Å²) in [4.78, 5) is 19.5. The minimum atomic E-state index is -0.291. The third kappa shape index (κ3) is 2.05.